The van der Waals surface area contributed by atoms with Crippen molar-refractivity contribution in [3.8, 4) is 0 Å². The van der Waals surface area contributed by atoms with E-state index in [4.69, 9.17) is 11.6 Å². The number of imide groups is 1. The van der Waals surface area contributed by atoms with E-state index < -0.39 is 0 Å². The lowest BCUT2D eigenvalue weighted by molar-refractivity contribution is -0.122. The van der Waals surface area contributed by atoms with Crippen LogP contribution in [-0.4, -0.2) is 29.1 Å². The summed E-state index contributed by atoms with van der Waals surface area (Å²) in [7, 11) is 0. The minimum Gasteiger partial charge on any atom is -0.335 e. The number of hydrogen-bond donors (Lipinski definition) is 0. The zero-order valence-corrected chi connectivity index (χ0v) is 15.1. The Bertz CT molecular complexity index is 746. The van der Waals surface area contributed by atoms with Crippen LogP contribution >= 0.6 is 35.1 Å². The molecule has 3 rings (SSSR count). The predicted molar refractivity (Wildman–Crippen MR) is 96.9 cm³/mol. The standard InChI is InChI=1S/C16H15ClN2O2S2/c1-3-18-11-9-10(17)5-6-12(11)22-14(18)8-7-13-15(20)19(4-2)16(21)23-13/h5-9H,3-4H2,1-2H3/b13-7-,14-8+. The van der Waals surface area contributed by atoms with Gasteiger partial charge < -0.3 is 4.90 Å². The lowest BCUT2D eigenvalue weighted by Gasteiger charge is -2.17. The molecule has 2 amide bonds. The molecule has 120 valence electrons. The summed E-state index contributed by atoms with van der Waals surface area (Å²) in [5.74, 6) is -0.217. The number of carbonyl (C=O) groups excluding carboxylic acids is 2. The van der Waals surface area contributed by atoms with Gasteiger partial charge in [-0.2, -0.15) is 0 Å². The van der Waals surface area contributed by atoms with Gasteiger partial charge in [0, 0.05) is 23.0 Å². The average Bonchev–Trinajstić information content (AvgIpc) is 3.01. The number of rotatable bonds is 3. The molecule has 0 atom stereocenters. The molecule has 0 spiro atoms. The summed E-state index contributed by atoms with van der Waals surface area (Å²) in [5, 5.41) is 1.52. The summed E-state index contributed by atoms with van der Waals surface area (Å²) < 4.78 is 0. The number of fused-ring (bicyclic) bond motifs is 1. The van der Waals surface area contributed by atoms with Gasteiger partial charge in [0.1, 0.15) is 0 Å². The lowest BCUT2D eigenvalue weighted by Crippen LogP contribution is -2.27. The van der Waals surface area contributed by atoms with Crippen LogP contribution in [0, 0.1) is 0 Å². The zero-order chi connectivity index (χ0) is 16.6. The first-order valence-electron chi connectivity index (χ1n) is 7.25. The third kappa shape index (κ3) is 3.03. The molecule has 0 aromatic heterocycles. The molecule has 0 radical (unpaired) electrons. The van der Waals surface area contributed by atoms with Crippen molar-refractivity contribution in [2.75, 3.05) is 18.0 Å². The van der Waals surface area contributed by atoms with Crippen molar-refractivity contribution in [3.05, 3.63) is 45.3 Å². The van der Waals surface area contributed by atoms with Crippen LogP contribution in [-0.2, 0) is 4.79 Å². The Hall–Kier alpha value is -1.37. The summed E-state index contributed by atoms with van der Waals surface area (Å²) in [6.45, 7) is 5.06. The minimum absolute atomic E-state index is 0.205. The van der Waals surface area contributed by atoms with Crippen molar-refractivity contribution in [1.29, 1.82) is 0 Å². The molecule has 23 heavy (non-hydrogen) atoms. The van der Waals surface area contributed by atoms with E-state index in [1.165, 1.54) is 4.90 Å². The Balaban J connectivity index is 1.88. The summed E-state index contributed by atoms with van der Waals surface area (Å²) in [6.07, 6.45) is 3.63. The molecular weight excluding hydrogens is 352 g/mol. The normalized spacial score (nSPS) is 21.0. The summed E-state index contributed by atoms with van der Waals surface area (Å²) >= 11 is 8.71. The maximum absolute atomic E-state index is 12.1. The van der Waals surface area contributed by atoms with Crippen LogP contribution in [0.3, 0.4) is 0 Å². The Morgan fingerprint density at radius 3 is 2.48 bits per heavy atom. The van der Waals surface area contributed by atoms with Crippen LogP contribution in [0.1, 0.15) is 13.8 Å². The highest BCUT2D eigenvalue weighted by atomic mass is 35.5. The van der Waals surface area contributed by atoms with E-state index in [0.29, 0.717) is 16.5 Å². The molecular formula is C16H15ClN2O2S2. The quantitative estimate of drug-likeness (QED) is 0.724. The highest BCUT2D eigenvalue weighted by Gasteiger charge is 2.33. The van der Waals surface area contributed by atoms with Gasteiger partial charge in [0.15, 0.2) is 0 Å². The largest absolute Gasteiger partial charge is 0.335 e. The van der Waals surface area contributed by atoms with E-state index in [0.717, 1.165) is 33.9 Å². The van der Waals surface area contributed by atoms with E-state index in [1.807, 2.05) is 24.3 Å². The first kappa shape index (κ1) is 16.5. The Kier molecular flexibility index (Phi) is 4.75. The fourth-order valence-corrected chi connectivity index (χ4v) is 4.58. The number of thioether (sulfide) groups is 2. The van der Waals surface area contributed by atoms with Gasteiger partial charge in [-0.3, -0.25) is 14.5 Å². The van der Waals surface area contributed by atoms with Crippen LogP contribution in [0.25, 0.3) is 0 Å². The van der Waals surface area contributed by atoms with Gasteiger partial charge in [-0.15, -0.1) is 0 Å². The number of nitrogens with zero attached hydrogens (tertiary/aromatic N) is 2. The van der Waals surface area contributed by atoms with Gasteiger partial charge in [0.25, 0.3) is 11.1 Å². The van der Waals surface area contributed by atoms with Crippen molar-refractivity contribution >= 4 is 52.0 Å². The molecule has 1 aromatic carbocycles. The Labute approximate surface area is 148 Å². The van der Waals surface area contributed by atoms with Crippen LogP contribution < -0.4 is 4.90 Å². The summed E-state index contributed by atoms with van der Waals surface area (Å²) in [4.78, 5) is 28.9. The molecule has 0 saturated carbocycles. The molecule has 2 heterocycles. The zero-order valence-electron chi connectivity index (χ0n) is 12.7. The maximum Gasteiger partial charge on any atom is 0.293 e. The first-order valence-corrected chi connectivity index (χ1v) is 9.26. The number of amides is 2. The molecule has 2 aliphatic heterocycles. The third-order valence-electron chi connectivity index (χ3n) is 3.58. The number of hydrogen-bond acceptors (Lipinski definition) is 5. The fourth-order valence-electron chi connectivity index (χ4n) is 2.46. The van der Waals surface area contributed by atoms with E-state index in [2.05, 4.69) is 11.8 Å². The Morgan fingerprint density at radius 2 is 1.83 bits per heavy atom. The number of carbonyl (C=O) groups is 2. The van der Waals surface area contributed by atoms with Crippen molar-refractivity contribution in [3.63, 3.8) is 0 Å². The molecule has 7 heteroatoms. The maximum atomic E-state index is 12.1. The lowest BCUT2D eigenvalue weighted by atomic mass is 10.3. The molecule has 0 unspecified atom stereocenters. The third-order valence-corrected chi connectivity index (χ3v) is 5.87. The van der Waals surface area contributed by atoms with Crippen LogP contribution in [0.4, 0.5) is 10.5 Å². The summed E-state index contributed by atoms with van der Waals surface area (Å²) in [6, 6.07) is 5.81. The molecule has 1 fully saturated rings. The molecule has 4 nitrogen and oxygen atoms in total. The Morgan fingerprint density at radius 1 is 1.09 bits per heavy atom. The van der Waals surface area contributed by atoms with Crippen molar-refractivity contribution in [2.24, 2.45) is 0 Å². The predicted octanol–water partition coefficient (Wildman–Crippen LogP) is 4.71. The summed E-state index contributed by atoms with van der Waals surface area (Å²) in [5.41, 5.74) is 1.08. The van der Waals surface area contributed by atoms with Gasteiger partial charge in [0.2, 0.25) is 0 Å². The second-order valence-corrected chi connectivity index (χ2v) is 7.40. The number of likely N-dealkylation sites (N-methyl/N-ethyl adjacent to an activating group) is 1. The smallest absolute Gasteiger partial charge is 0.293 e. The highest BCUT2D eigenvalue weighted by molar-refractivity contribution is 8.18. The number of benzene rings is 1. The highest BCUT2D eigenvalue weighted by Crippen LogP contribution is 2.47. The van der Waals surface area contributed by atoms with E-state index in [1.54, 1.807) is 24.8 Å². The first-order chi connectivity index (χ1) is 11.0. The average molecular weight is 367 g/mol. The van der Waals surface area contributed by atoms with Crippen LogP contribution in [0.15, 0.2) is 45.2 Å². The number of allylic oxidation sites excluding steroid dienone is 2. The number of anilines is 1. The molecule has 0 N–H and O–H groups in total. The van der Waals surface area contributed by atoms with Crippen LogP contribution in [0.5, 0.6) is 0 Å². The number of halogens is 1. The van der Waals surface area contributed by atoms with Gasteiger partial charge in [-0.1, -0.05) is 23.4 Å². The van der Waals surface area contributed by atoms with Crippen molar-refractivity contribution in [2.45, 2.75) is 18.7 Å². The van der Waals surface area contributed by atoms with E-state index in [9.17, 15) is 9.59 Å². The van der Waals surface area contributed by atoms with Crippen molar-refractivity contribution < 1.29 is 9.59 Å². The van der Waals surface area contributed by atoms with Gasteiger partial charge in [-0.25, -0.2) is 0 Å². The second kappa shape index (κ2) is 6.63. The van der Waals surface area contributed by atoms with E-state index >= 15 is 0 Å². The van der Waals surface area contributed by atoms with Crippen molar-refractivity contribution in [1.82, 2.24) is 4.90 Å². The topological polar surface area (TPSA) is 40.6 Å². The monoisotopic (exact) mass is 366 g/mol. The molecule has 0 bridgehead atoms. The minimum atomic E-state index is -0.217. The molecule has 2 aliphatic rings. The van der Waals surface area contributed by atoms with Gasteiger partial charge in [-0.05, 0) is 56.0 Å². The fraction of sp³-hybridized carbons (Fsp3) is 0.250. The van der Waals surface area contributed by atoms with Gasteiger partial charge in [0.05, 0.1) is 15.6 Å². The van der Waals surface area contributed by atoms with Crippen LogP contribution in [0.2, 0.25) is 5.02 Å². The molecule has 0 aliphatic carbocycles. The van der Waals surface area contributed by atoms with Gasteiger partial charge >= 0.3 is 0 Å². The SMILES string of the molecule is CCN1C(=O)S/C(=C\C=C2\Sc3ccc(Cl)cc3N2CC)C1=O. The van der Waals surface area contributed by atoms with E-state index in [-0.39, 0.29) is 11.1 Å². The molecule has 1 aromatic rings. The molecule has 1 saturated heterocycles. The second-order valence-electron chi connectivity index (χ2n) is 4.91.